The van der Waals surface area contributed by atoms with Gasteiger partial charge in [-0.1, -0.05) is 0 Å². The van der Waals surface area contributed by atoms with E-state index in [1.165, 1.54) is 12.3 Å². The van der Waals surface area contributed by atoms with Gasteiger partial charge in [0.2, 0.25) is 0 Å². The lowest BCUT2D eigenvalue weighted by molar-refractivity contribution is 0.102. The van der Waals surface area contributed by atoms with Gasteiger partial charge in [-0.25, -0.2) is 9.37 Å². The average molecular weight is 343 g/mol. The van der Waals surface area contributed by atoms with Gasteiger partial charge in [-0.05, 0) is 40.8 Å². The fourth-order valence-corrected chi connectivity index (χ4v) is 1.51. The van der Waals surface area contributed by atoms with Gasteiger partial charge in [0.1, 0.15) is 5.82 Å². The molecule has 0 atom stereocenters. The first-order chi connectivity index (χ1) is 8.16. The summed E-state index contributed by atoms with van der Waals surface area (Å²) in [4.78, 5) is 19.3. The van der Waals surface area contributed by atoms with Crippen molar-refractivity contribution in [1.29, 1.82) is 0 Å². The van der Waals surface area contributed by atoms with Gasteiger partial charge in [0.25, 0.3) is 5.91 Å². The van der Waals surface area contributed by atoms with Crippen molar-refractivity contribution in [2.24, 2.45) is 0 Å². The molecule has 1 amide bonds. The predicted octanol–water partition coefficient (Wildman–Crippen LogP) is 2.47. The molecule has 2 heterocycles. The van der Waals surface area contributed by atoms with Crippen LogP contribution >= 0.6 is 22.6 Å². The van der Waals surface area contributed by atoms with Crippen LogP contribution < -0.4 is 5.32 Å². The Hall–Kier alpha value is -1.57. The van der Waals surface area contributed by atoms with E-state index in [1.54, 1.807) is 18.3 Å². The third kappa shape index (κ3) is 2.96. The fourth-order valence-electron chi connectivity index (χ4n) is 1.19. The van der Waals surface area contributed by atoms with Crippen molar-refractivity contribution in [3.63, 3.8) is 0 Å². The van der Waals surface area contributed by atoms with Crippen LogP contribution in [0.1, 0.15) is 10.4 Å². The normalized spacial score (nSPS) is 10.0. The Morgan fingerprint density at radius 2 is 2.12 bits per heavy atom. The summed E-state index contributed by atoms with van der Waals surface area (Å²) in [5.41, 5.74) is -0.0552. The first kappa shape index (κ1) is 11.9. The fraction of sp³-hybridized carbons (Fsp3) is 0. The SMILES string of the molecule is O=C(Nc1ccc(I)cn1)c1ccncc1F. The maximum Gasteiger partial charge on any atom is 0.259 e. The van der Waals surface area contributed by atoms with Gasteiger partial charge in [-0.2, -0.15) is 0 Å². The highest BCUT2D eigenvalue weighted by atomic mass is 127. The minimum absolute atomic E-state index is 0.0552. The molecule has 17 heavy (non-hydrogen) atoms. The van der Waals surface area contributed by atoms with Crippen LogP contribution in [0.5, 0.6) is 0 Å². The number of halogens is 2. The molecule has 2 rings (SSSR count). The minimum Gasteiger partial charge on any atom is -0.306 e. The van der Waals surface area contributed by atoms with E-state index in [2.05, 4.69) is 37.9 Å². The molecule has 0 aromatic carbocycles. The molecular formula is C11H7FIN3O. The number of carbonyl (C=O) groups is 1. The summed E-state index contributed by atoms with van der Waals surface area (Å²) in [6, 6.07) is 4.77. The number of pyridine rings is 2. The number of rotatable bonds is 2. The van der Waals surface area contributed by atoms with Crippen LogP contribution in [0.2, 0.25) is 0 Å². The maximum absolute atomic E-state index is 13.3. The van der Waals surface area contributed by atoms with Crippen LogP contribution in [0.4, 0.5) is 10.2 Å². The van der Waals surface area contributed by atoms with Gasteiger partial charge >= 0.3 is 0 Å². The highest BCUT2D eigenvalue weighted by Gasteiger charge is 2.11. The van der Waals surface area contributed by atoms with Crippen LogP contribution in [0.3, 0.4) is 0 Å². The third-order valence-corrected chi connectivity index (χ3v) is 2.62. The van der Waals surface area contributed by atoms with Crippen molar-refractivity contribution in [3.8, 4) is 0 Å². The first-order valence-electron chi connectivity index (χ1n) is 4.69. The number of nitrogens with zero attached hydrogens (tertiary/aromatic N) is 2. The molecule has 2 aromatic rings. The zero-order valence-electron chi connectivity index (χ0n) is 8.52. The molecule has 6 heteroatoms. The number of hydrogen-bond donors (Lipinski definition) is 1. The lowest BCUT2D eigenvalue weighted by Crippen LogP contribution is -2.14. The summed E-state index contributed by atoms with van der Waals surface area (Å²) in [5.74, 6) is -0.819. The van der Waals surface area contributed by atoms with E-state index in [0.717, 1.165) is 9.77 Å². The molecule has 4 nitrogen and oxygen atoms in total. The smallest absolute Gasteiger partial charge is 0.259 e. The Labute approximate surface area is 110 Å². The molecule has 0 spiro atoms. The molecule has 0 aliphatic heterocycles. The number of anilines is 1. The topological polar surface area (TPSA) is 54.9 Å². The van der Waals surface area contributed by atoms with Crippen molar-refractivity contribution in [2.45, 2.75) is 0 Å². The molecular weight excluding hydrogens is 336 g/mol. The van der Waals surface area contributed by atoms with Crippen LogP contribution in [0.15, 0.2) is 36.8 Å². The standard InChI is InChI=1S/C11H7FIN3O/c12-9-6-14-4-3-8(9)11(17)16-10-2-1-7(13)5-15-10/h1-6H,(H,15,16,17). The van der Waals surface area contributed by atoms with Crippen molar-refractivity contribution in [2.75, 3.05) is 5.32 Å². The number of carbonyl (C=O) groups excluding carboxylic acids is 1. The molecule has 1 N–H and O–H groups in total. The first-order valence-corrected chi connectivity index (χ1v) is 5.77. The van der Waals surface area contributed by atoms with Crippen molar-refractivity contribution < 1.29 is 9.18 Å². The Morgan fingerprint density at radius 1 is 1.29 bits per heavy atom. The van der Waals surface area contributed by atoms with Gasteiger partial charge in [-0.15, -0.1) is 0 Å². The average Bonchev–Trinajstić information content (AvgIpc) is 2.32. The summed E-state index contributed by atoms with van der Waals surface area (Å²) < 4.78 is 14.2. The van der Waals surface area contributed by atoms with E-state index in [1.807, 2.05) is 0 Å². The number of amides is 1. The molecule has 0 aliphatic carbocycles. The molecule has 0 bridgehead atoms. The Kier molecular flexibility index (Phi) is 3.62. The van der Waals surface area contributed by atoms with Crippen LogP contribution in [-0.4, -0.2) is 15.9 Å². The summed E-state index contributed by atoms with van der Waals surface area (Å²) >= 11 is 2.10. The summed E-state index contributed by atoms with van der Waals surface area (Å²) in [5, 5.41) is 2.51. The molecule has 2 aromatic heterocycles. The van der Waals surface area contributed by atoms with E-state index < -0.39 is 11.7 Å². The second-order valence-electron chi connectivity index (χ2n) is 3.17. The van der Waals surface area contributed by atoms with Gasteiger partial charge in [0.05, 0.1) is 11.8 Å². The third-order valence-electron chi connectivity index (χ3n) is 1.99. The van der Waals surface area contributed by atoms with Gasteiger partial charge in [0.15, 0.2) is 5.82 Å². The molecule has 0 saturated heterocycles. The van der Waals surface area contributed by atoms with Crippen LogP contribution in [-0.2, 0) is 0 Å². The van der Waals surface area contributed by atoms with Gasteiger partial charge in [-0.3, -0.25) is 9.78 Å². The van der Waals surface area contributed by atoms with Gasteiger partial charge < -0.3 is 5.32 Å². The number of aromatic nitrogens is 2. The quantitative estimate of drug-likeness (QED) is 0.853. The van der Waals surface area contributed by atoms with Crippen LogP contribution in [0.25, 0.3) is 0 Å². The van der Waals surface area contributed by atoms with Crippen molar-refractivity contribution in [1.82, 2.24) is 9.97 Å². The summed E-state index contributed by atoms with van der Waals surface area (Å²) in [6.07, 6.45) is 3.97. The van der Waals surface area contributed by atoms with Crippen molar-refractivity contribution in [3.05, 3.63) is 51.7 Å². The monoisotopic (exact) mass is 343 g/mol. The Balaban J connectivity index is 2.17. The molecule has 0 saturated carbocycles. The second kappa shape index (κ2) is 5.17. The van der Waals surface area contributed by atoms with E-state index in [-0.39, 0.29) is 5.56 Å². The summed E-state index contributed by atoms with van der Waals surface area (Å²) in [7, 11) is 0. The lowest BCUT2D eigenvalue weighted by atomic mass is 10.2. The van der Waals surface area contributed by atoms with E-state index >= 15 is 0 Å². The molecule has 0 unspecified atom stereocenters. The molecule has 0 radical (unpaired) electrons. The number of hydrogen-bond acceptors (Lipinski definition) is 3. The molecule has 0 aliphatic rings. The largest absolute Gasteiger partial charge is 0.306 e. The Bertz CT molecular complexity index is 545. The molecule has 0 fully saturated rings. The lowest BCUT2D eigenvalue weighted by Gasteiger charge is -2.04. The highest BCUT2D eigenvalue weighted by molar-refractivity contribution is 14.1. The van der Waals surface area contributed by atoms with Crippen molar-refractivity contribution >= 4 is 34.3 Å². The zero-order chi connectivity index (χ0) is 12.3. The zero-order valence-corrected chi connectivity index (χ0v) is 10.7. The predicted molar refractivity (Wildman–Crippen MR) is 69.1 cm³/mol. The van der Waals surface area contributed by atoms with E-state index in [4.69, 9.17) is 0 Å². The number of nitrogens with one attached hydrogen (secondary N) is 1. The van der Waals surface area contributed by atoms with Crippen LogP contribution in [0, 0.1) is 9.39 Å². The minimum atomic E-state index is -0.657. The maximum atomic E-state index is 13.3. The highest BCUT2D eigenvalue weighted by Crippen LogP contribution is 2.10. The van der Waals surface area contributed by atoms with E-state index in [0.29, 0.717) is 5.82 Å². The van der Waals surface area contributed by atoms with Gasteiger partial charge in [0, 0.05) is 16.0 Å². The molecule has 86 valence electrons. The Morgan fingerprint density at radius 3 is 2.76 bits per heavy atom. The van der Waals surface area contributed by atoms with E-state index in [9.17, 15) is 9.18 Å². The second-order valence-corrected chi connectivity index (χ2v) is 4.42. The summed E-state index contributed by atoms with van der Waals surface area (Å²) in [6.45, 7) is 0.